The summed E-state index contributed by atoms with van der Waals surface area (Å²) in [6.07, 6.45) is 1.21. The summed E-state index contributed by atoms with van der Waals surface area (Å²) in [5, 5.41) is 4.13. The van der Waals surface area contributed by atoms with Gasteiger partial charge < -0.3 is 23.6 Å². The molecule has 0 aliphatic carbocycles. The Hall–Kier alpha value is -3.55. The molecule has 32 heavy (non-hydrogen) atoms. The number of aromatic nitrogens is 2. The van der Waals surface area contributed by atoms with Gasteiger partial charge in [0.1, 0.15) is 5.75 Å². The van der Waals surface area contributed by atoms with Crippen LogP contribution in [-0.4, -0.2) is 42.9 Å². The number of nitrogens with zero attached hydrogens (tertiary/aromatic N) is 3. The first-order valence-corrected chi connectivity index (χ1v) is 10.8. The van der Waals surface area contributed by atoms with Crippen molar-refractivity contribution in [3.63, 3.8) is 0 Å². The Morgan fingerprint density at radius 1 is 1.09 bits per heavy atom. The van der Waals surface area contributed by atoms with Crippen molar-refractivity contribution in [2.24, 2.45) is 0 Å². The molecule has 1 aliphatic rings. The molecule has 0 saturated carbocycles. The second-order valence-corrected chi connectivity index (χ2v) is 7.48. The molecular formula is C24H27N3O5. The summed E-state index contributed by atoms with van der Waals surface area (Å²) in [6.45, 7) is 5.56. The Bertz CT molecular complexity index is 1080. The van der Waals surface area contributed by atoms with E-state index < -0.39 is 0 Å². The van der Waals surface area contributed by atoms with Gasteiger partial charge in [-0.25, -0.2) is 0 Å². The van der Waals surface area contributed by atoms with Gasteiger partial charge in [-0.15, -0.1) is 0 Å². The van der Waals surface area contributed by atoms with E-state index in [0.717, 1.165) is 17.7 Å². The minimum Gasteiger partial charge on any atom is -0.493 e. The number of anilines is 1. The molecule has 1 unspecified atom stereocenters. The fourth-order valence-corrected chi connectivity index (χ4v) is 3.72. The molecule has 1 fully saturated rings. The molecule has 4 rings (SSSR count). The smallest absolute Gasteiger partial charge is 0.232 e. The van der Waals surface area contributed by atoms with E-state index in [1.54, 1.807) is 12.0 Å². The predicted octanol–water partition coefficient (Wildman–Crippen LogP) is 4.45. The van der Waals surface area contributed by atoms with Gasteiger partial charge in [0.15, 0.2) is 11.5 Å². The normalized spacial score (nSPS) is 15.8. The van der Waals surface area contributed by atoms with Crippen molar-refractivity contribution >= 4 is 11.6 Å². The van der Waals surface area contributed by atoms with Crippen molar-refractivity contribution in [1.29, 1.82) is 0 Å². The van der Waals surface area contributed by atoms with E-state index in [-0.39, 0.29) is 11.8 Å². The zero-order valence-electron chi connectivity index (χ0n) is 18.5. The monoisotopic (exact) mass is 437 g/mol. The number of amides is 1. The van der Waals surface area contributed by atoms with Crippen LogP contribution in [0.5, 0.6) is 17.2 Å². The van der Waals surface area contributed by atoms with Crippen LogP contribution < -0.4 is 19.1 Å². The SMILES string of the molecule is CCCOc1ccc(-c2noc(C3CC(=O)N(c4ccccc4OCC)C3)n2)cc1OC. The van der Waals surface area contributed by atoms with Crippen molar-refractivity contribution in [2.45, 2.75) is 32.6 Å². The Kier molecular flexibility index (Phi) is 6.58. The third-order valence-electron chi connectivity index (χ3n) is 5.26. The van der Waals surface area contributed by atoms with Crippen LogP contribution in [0.2, 0.25) is 0 Å². The van der Waals surface area contributed by atoms with Crippen LogP contribution in [-0.2, 0) is 4.79 Å². The molecule has 8 heteroatoms. The highest BCUT2D eigenvalue weighted by molar-refractivity contribution is 5.97. The fourth-order valence-electron chi connectivity index (χ4n) is 3.72. The topological polar surface area (TPSA) is 86.9 Å². The van der Waals surface area contributed by atoms with E-state index >= 15 is 0 Å². The van der Waals surface area contributed by atoms with Crippen molar-refractivity contribution in [3.8, 4) is 28.6 Å². The molecule has 0 N–H and O–H groups in total. The lowest BCUT2D eigenvalue weighted by Crippen LogP contribution is -2.25. The summed E-state index contributed by atoms with van der Waals surface area (Å²) in [6, 6.07) is 13.1. The molecule has 0 spiro atoms. The first-order chi connectivity index (χ1) is 15.6. The van der Waals surface area contributed by atoms with Gasteiger partial charge in [-0.05, 0) is 43.7 Å². The van der Waals surface area contributed by atoms with Crippen LogP contribution in [0.25, 0.3) is 11.4 Å². The maximum atomic E-state index is 12.7. The zero-order valence-corrected chi connectivity index (χ0v) is 18.5. The summed E-state index contributed by atoms with van der Waals surface area (Å²) in [7, 11) is 1.60. The molecule has 2 aromatic carbocycles. The number of carbonyl (C=O) groups is 1. The van der Waals surface area contributed by atoms with Crippen LogP contribution in [0.4, 0.5) is 5.69 Å². The summed E-state index contributed by atoms with van der Waals surface area (Å²) in [5.74, 6) is 2.67. The Morgan fingerprint density at radius 3 is 2.72 bits per heavy atom. The molecule has 1 atom stereocenters. The largest absolute Gasteiger partial charge is 0.493 e. The van der Waals surface area contributed by atoms with E-state index in [0.29, 0.717) is 55.1 Å². The maximum Gasteiger partial charge on any atom is 0.232 e. The standard InChI is InChI=1S/C24H27N3O5/c1-4-12-31-20-11-10-16(13-21(20)29-3)23-25-24(32-26-23)17-14-22(28)27(15-17)18-8-6-7-9-19(18)30-5-2/h6-11,13,17H,4-5,12,14-15H2,1-3H3. The minimum atomic E-state index is -0.188. The number of rotatable bonds is 9. The molecular weight excluding hydrogens is 410 g/mol. The van der Waals surface area contributed by atoms with E-state index in [1.807, 2.05) is 56.3 Å². The average Bonchev–Trinajstić information content (AvgIpc) is 3.45. The third kappa shape index (κ3) is 4.39. The molecule has 0 radical (unpaired) electrons. The number of para-hydroxylation sites is 2. The minimum absolute atomic E-state index is 0.000924. The lowest BCUT2D eigenvalue weighted by atomic mass is 10.1. The molecule has 0 bridgehead atoms. The molecule has 1 aliphatic heterocycles. The van der Waals surface area contributed by atoms with Crippen molar-refractivity contribution in [2.75, 3.05) is 31.8 Å². The summed E-state index contributed by atoms with van der Waals surface area (Å²) in [5.41, 5.74) is 1.51. The zero-order chi connectivity index (χ0) is 22.5. The van der Waals surface area contributed by atoms with E-state index in [2.05, 4.69) is 10.1 Å². The van der Waals surface area contributed by atoms with Gasteiger partial charge in [0, 0.05) is 18.5 Å². The van der Waals surface area contributed by atoms with Gasteiger partial charge in [-0.2, -0.15) is 4.98 Å². The number of ether oxygens (including phenoxy) is 3. The number of hydrogen-bond acceptors (Lipinski definition) is 7. The number of benzene rings is 2. The first kappa shape index (κ1) is 21.7. The number of carbonyl (C=O) groups excluding carboxylic acids is 1. The highest BCUT2D eigenvalue weighted by Gasteiger charge is 2.36. The van der Waals surface area contributed by atoms with Crippen molar-refractivity contribution < 1.29 is 23.5 Å². The van der Waals surface area contributed by atoms with Gasteiger partial charge >= 0.3 is 0 Å². The predicted molar refractivity (Wildman–Crippen MR) is 119 cm³/mol. The Morgan fingerprint density at radius 2 is 1.94 bits per heavy atom. The second-order valence-electron chi connectivity index (χ2n) is 7.48. The van der Waals surface area contributed by atoms with E-state index in [1.165, 1.54) is 0 Å². The maximum absolute atomic E-state index is 12.7. The molecule has 3 aromatic rings. The van der Waals surface area contributed by atoms with Crippen molar-refractivity contribution in [3.05, 3.63) is 48.4 Å². The van der Waals surface area contributed by atoms with Crippen LogP contribution >= 0.6 is 0 Å². The molecule has 1 saturated heterocycles. The average molecular weight is 437 g/mol. The van der Waals surface area contributed by atoms with Gasteiger partial charge in [0.2, 0.25) is 17.6 Å². The van der Waals surface area contributed by atoms with Crippen LogP contribution in [0, 0.1) is 0 Å². The van der Waals surface area contributed by atoms with Crippen LogP contribution in [0.3, 0.4) is 0 Å². The van der Waals surface area contributed by atoms with Gasteiger partial charge in [-0.1, -0.05) is 24.2 Å². The highest BCUT2D eigenvalue weighted by Crippen LogP contribution is 2.37. The summed E-state index contributed by atoms with van der Waals surface area (Å²) < 4.78 is 22.4. The molecule has 2 heterocycles. The molecule has 8 nitrogen and oxygen atoms in total. The lowest BCUT2D eigenvalue weighted by Gasteiger charge is -2.19. The summed E-state index contributed by atoms with van der Waals surface area (Å²) >= 11 is 0. The van der Waals surface area contributed by atoms with Gasteiger partial charge in [-0.3, -0.25) is 4.79 Å². The molecule has 168 valence electrons. The van der Waals surface area contributed by atoms with Gasteiger partial charge in [0.25, 0.3) is 0 Å². The quantitative estimate of drug-likeness (QED) is 0.489. The number of hydrogen-bond donors (Lipinski definition) is 0. The lowest BCUT2D eigenvalue weighted by molar-refractivity contribution is -0.117. The highest BCUT2D eigenvalue weighted by atomic mass is 16.5. The first-order valence-electron chi connectivity index (χ1n) is 10.8. The Balaban J connectivity index is 1.53. The van der Waals surface area contributed by atoms with Crippen molar-refractivity contribution in [1.82, 2.24) is 10.1 Å². The van der Waals surface area contributed by atoms with Crippen LogP contribution in [0.15, 0.2) is 47.0 Å². The third-order valence-corrected chi connectivity index (χ3v) is 5.26. The van der Waals surface area contributed by atoms with E-state index in [4.69, 9.17) is 18.7 Å². The van der Waals surface area contributed by atoms with Crippen LogP contribution in [0.1, 0.15) is 38.5 Å². The fraction of sp³-hybridized carbons (Fsp3) is 0.375. The molecule has 1 aromatic heterocycles. The van der Waals surface area contributed by atoms with E-state index in [9.17, 15) is 4.79 Å². The van der Waals surface area contributed by atoms with Gasteiger partial charge in [0.05, 0.1) is 31.9 Å². The summed E-state index contributed by atoms with van der Waals surface area (Å²) in [4.78, 5) is 19.0. The molecule has 1 amide bonds. The Labute approximate surface area is 187 Å². The number of methoxy groups -OCH3 is 1. The second kappa shape index (κ2) is 9.72.